The Morgan fingerprint density at radius 1 is 1.16 bits per heavy atom. The lowest BCUT2D eigenvalue weighted by molar-refractivity contribution is -0.137. The number of amides is 2. The molecule has 1 aliphatic heterocycles. The SMILES string of the molecule is O=C(Nc1ccc(Cn2cncn2)cc1)[C@H]1CC(=O)N(c2cccc(C(F)(F)F)c2)C1. The lowest BCUT2D eigenvalue weighted by Crippen LogP contribution is -2.28. The molecule has 1 aromatic heterocycles. The van der Waals surface area contributed by atoms with Crippen molar-refractivity contribution >= 4 is 23.2 Å². The molecule has 10 heteroatoms. The Hall–Kier alpha value is -3.69. The quantitative estimate of drug-likeness (QED) is 0.675. The minimum absolute atomic E-state index is 0.0242. The van der Waals surface area contributed by atoms with Gasteiger partial charge in [-0.2, -0.15) is 18.3 Å². The summed E-state index contributed by atoms with van der Waals surface area (Å²) in [6, 6.07) is 11.7. The van der Waals surface area contributed by atoms with E-state index in [1.54, 1.807) is 23.1 Å². The van der Waals surface area contributed by atoms with E-state index < -0.39 is 17.7 Å². The van der Waals surface area contributed by atoms with Crippen molar-refractivity contribution in [3.8, 4) is 0 Å². The molecule has 0 unspecified atom stereocenters. The van der Waals surface area contributed by atoms with Gasteiger partial charge < -0.3 is 10.2 Å². The van der Waals surface area contributed by atoms with E-state index in [2.05, 4.69) is 15.4 Å². The molecule has 4 rings (SSSR count). The van der Waals surface area contributed by atoms with Crippen molar-refractivity contribution in [2.75, 3.05) is 16.8 Å². The van der Waals surface area contributed by atoms with Crippen LogP contribution in [0.15, 0.2) is 61.2 Å². The second-order valence-electron chi connectivity index (χ2n) is 7.23. The fourth-order valence-electron chi connectivity index (χ4n) is 3.42. The maximum absolute atomic E-state index is 13.0. The molecule has 31 heavy (non-hydrogen) atoms. The number of anilines is 2. The van der Waals surface area contributed by atoms with Gasteiger partial charge in [0.15, 0.2) is 0 Å². The predicted molar refractivity (Wildman–Crippen MR) is 106 cm³/mol. The van der Waals surface area contributed by atoms with Gasteiger partial charge in [0.1, 0.15) is 12.7 Å². The largest absolute Gasteiger partial charge is 0.416 e. The Labute approximate surface area is 175 Å². The van der Waals surface area contributed by atoms with Crippen molar-refractivity contribution in [3.63, 3.8) is 0 Å². The average Bonchev–Trinajstić information content (AvgIpc) is 3.38. The molecular weight excluding hydrogens is 411 g/mol. The zero-order valence-corrected chi connectivity index (χ0v) is 16.2. The van der Waals surface area contributed by atoms with Gasteiger partial charge in [-0.25, -0.2) is 9.67 Å². The van der Waals surface area contributed by atoms with Crippen LogP contribution in [0.5, 0.6) is 0 Å². The third-order valence-electron chi connectivity index (χ3n) is 5.01. The summed E-state index contributed by atoms with van der Waals surface area (Å²) in [5.74, 6) is -1.40. The molecule has 2 heterocycles. The van der Waals surface area contributed by atoms with E-state index in [0.29, 0.717) is 12.2 Å². The van der Waals surface area contributed by atoms with Gasteiger partial charge in [-0.05, 0) is 35.9 Å². The fourth-order valence-corrected chi connectivity index (χ4v) is 3.42. The third-order valence-corrected chi connectivity index (χ3v) is 5.01. The molecule has 1 saturated heterocycles. The Morgan fingerprint density at radius 2 is 1.94 bits per heavy atom. The highest BCUT2D eigenvalue weighted by Crippen LogP contribution is 2.33. The highest BCUT2D eigenvalue weighted by molar-refractivity contribution is 6.03. The molecule has 7 nitrogen and oxygen atoms in total. The number of aromatic nitrogens is 3. The van der Waals surface area contributed by atoms with Crippen molar-refractivity contribution in [3.05, 3.63) is 72.3 Å². The van der Waals surface area contributed by atoms with Gasteiger partial charge in [-0.15, -0.1) is 0 Å². The number of rotatable bonds is 5. The van der Waals surface area contributed by atoms with E-state index in [0.717, 1.165) is 17.7 Å². The topological polar surface area (TPSA) is 80.1 Å². The molecule has 0 aliphatic carbocycles. The van der Waals surface area contributed by atoms with Crippen molar-refractivity contribution in [2.24, 2.45) is 5.92 Å². The molecular formula is C21H18F3N5O2. The highest BCUT2D eigenvalue weighted by Gasteiger charge is 2.37. The summed E-state index contributed by atoms with van der Waals surface area (Å²) in [5, 5.41) is 6.79. The number of nitrogens with zero attached hydrogens (tertiary/aromatic N) is 4. The first-order valence-electron chi connectivity index (χ1n) is 9.49. The Bertz CT molecular complexity index is 1080. The molecule has 3 aromatic rings. The second-order valence-corrected chi connectivity index (χ2v) is 7.23. The van der Waals surface area contributed by atoms with Crippen LogP contribution in [-0.2, 0) is 22.3 Å². The van der Waals surface area contributed by atoms with Crippen molar-refractivity contribution < 1.29 is 22.8 Å². The van der Waals surface area contributed by atoms with Gasteiger partial charge in [-0.1, -0.05) is 18.2 Å². The van der Waals surface area contributed by atoms with Gasteiger partial charge in [0, 0.05) is 24.3 Å². The molecule has 1 fully saturated rings. The number of carbonyl (C=O) groups is 2. The van der Waals surface area contributed by atoms with E-state index >= 15 is 0 Å². The predicted octanol–water partition coefficient (Wildman–Crippen LogP) is 3.34. The van der Waals surface area contributed by atoms with Crippen molar-refractivity contribution in [1.29, 1.82) is 0 Å². The Balaban J connectivity index is 1.39. The van der Waals surface area contributed by atoms with Gasteiger partial charge in [0.05, 0.1) is 18.0 Å². The molecule has 0 spiro atoms. The van der Waals surface area contributed by atoms with Crippen molar-refractivity contribution in [2.45, 2.75) is 19.1 Å². The van der Waals surface area contributed by atoms with Crippen LogP contribution in [0.4, 0.5) is 24.5 Å². The van der Waals surface area contributed by atoms with Crippen LogP contribution in [0, 0.1) is 5.92 Å². The number of nitrogens with one attached hydrogen (secondary N) is 1. The lowest BCUT2D eigenvalue weighted by atomic mass is 10.1. The van der Waals surface area contributed by atoms with Crippen LogP contribution in [0.2, 0.25) is 0 Å². The van der Waals surface area contributed by atoms with Gasteiger partial charge in [0.25, 0.3) is 0 Å². The molecule has 0 saturated carbocycles. The number of carbonyl (C=O) groups excluding carboxylic acids is 2. The summed E-state index contributed by atoms with van der Waals surface area (Å²) in [6.07, 6.45) is -1.52. The second kappa shape index (κ2) is 8.21. The molecule has 1 aliphatic rings. The Kier molecular flexibility index (Phi) is 5.45. The molecule has 2 aromatic carbocycles. The monoisotopic (exact) mass is 429 g/mol. The maximum atomic E-state index is 13.0. The van der Waals surface area contributed by atoms with E-state index in [1.165, 1.54) is 23.4 Å². The molecule has 0 radical (unpaired) electrons. The normalized spacial score (nSPS) is 16.5. The average molecular weight is 429 g/mol. The first-order chi connectivity index (χ1) is 14.8. The number of halogens is 3. The maximum Gasteiger partial charge on any atom is 0.416 e. The number of hydrogen-bond donors (Lipinski definition) is 1. The van der Waals surface area contributed by atoms with Crippen LogP contribution in [0.3, 0.4) is 0 Å². The molecule has 2 amide bonds. The van der Waals surface area contributed by atoms with E-state index in [4.69, 9.17) is 0 Å². The van der Waals surface area contributed by atoms with Crippen LogP contribution >= 0.6 is 0 Å². The van der Waals surface area contributed by atoms with E-state index in [1.807, 2.05) is 12.1 Å². The summed E-state index contributed by atoms with van der Waals surface area (Å²) in [5.41, 5.74) is 0.830. The zero-order valence-electron chi connectivity index (χ0n) is 16.2. The first kappa shape index (κ1) is 20.6. The first-order valence-corrected chi connectivity index (χ1v) is 9.49. The van der Waals surface area contributed by atoms with Crippen molar-refractivity contribution in [1.82, 2.24) is 14.8 Å². The molecule has 0 bridgehead atoms. The summed E-state index contributed by atoms with van der Waals surface area (Å²) in [4.78, 5) is 30.1. The minimum Gasteiger partial charge on any atom is -0.326 e. The smallest absolute Gasteiger partial charge is 0.326 e. The molecule has 160 valence electrons. The number of benzene rings is 2. The van der Waals surface area contributed by atoms with Crippen LogP contribution in [-0.4, -0.2) is 33.1 Å². The van der Waals surface area contributed by atoms with E-state index in [9.17, 15) is 22.8 Å². The standard InChI is InChI=1S/C21H18F3N5O2/c22-21(23,24)16-2-1-3-18(9-16)29-11-15(8-19(29)30)20(31)27-17-6-4-14(5-7-17)10-28-13-25-12-26-28/h1-7,9,12-13,15H,8,10-11H2,(H,27,31)/t15-/m0/s1. The third kappa shape index (κ3) is 4.73. The van der Waals surface area contributed by atoms with Crippen LogP contribution < -0.4 is 10.2 Å². The lowest BCUT2D eigenvalue weighted by Gasteiger charge is -2.18. The zero-order chi connectivity index (χ0) is 22.0. The van der Waals surface area contributed by atoms with Crippen LogP contribution in [0.25, 0.3) is 0 Å². The summed E-state index contributed by atoms with van der Waals surface area (Å²) in [6.45, 7) is 0.563. The van der Waals surface area contributed by atoms with Crippen LogP contribution in [0.1, 0.15) is 17.5 Å². The molecule has 1 N–H and O–H groups in total. The number of hydrogen-bond acceptors (Lipinski definition) is 4. The summed E-state index contributed by atoms with van der Waals surface area (Å²) >= 11 is 0. The van der Waals surface area contributed by atoms with E-state index in [-0.39, 0.29) is 30.5 Å². The fraction of sp³-hybridized carbons (Fsp3) is 0.238. The Morgan fingerprint density at radius 3 is 2.61 bits per heavy atom. The minimum atomic E-state index is -4.50. The molecule has 1 atom stereocenters. The summed E-state index contributed by atoms with van der Waals surface area (Å²) < 4.78 is 40.5. The van der Waals surface area contributed by atoms with Gasteiger partial charge >= 0.3 is 6.18 Å². The summed E-state index contributed by atoms with van der Waals surface area (Å²) in [7, 11) is 0. The van der Waals surface area contributed by atoms with Gasteiger partial charge in [-0.3, -0.25) is 9.59 Å². The highest BCUT2D eigenvalue weighted by atomic mass is 19.4. The van der Waals surface area contributed by atoms with Gasteiger partial charge in [0.2, 0.25) is 11.8 Å². The number of alkyl halides is 3.